The number of hydrogen-bond donors (Lipinski definition) is 0. The SMILES string of the molecule is Cc1ccc(C(=S)Oc2nc(-c3ccccc3)c(-c3ccccc3)s2)s1. The summed E-state index contributed by atoms with van der Waals surface area (Å²) in [5, 5.41) is 1.04. The van der Waals surface area contributed by atoms with Crippen LogP contribution < -0.4 is 4.74 Å². The molecule has 0 amide bonds. The van der Waals surface area contributed by atoms with E-state index >= 15 is 0 Å². The second-order valence-corrected chi connectivity index (χ2v) is 8.31. The molecule has 0 aliphatic rings. The van der Waals surface area contributed by atoms with E-state index in [1.807, 2.05) is 48.5 Å². The molecule has 2 heterocycles. The highest BCUT2D eigenvalue weighted by Crippen LogP contribution is 2.40. The number of benzene rings is 2. The van der Waals surface area contributed by atoms with Crippen LogP contribution in [0, 0.1) is 6.92 Å². The molecule has 0 aliphatic heterocycles. The van der Waals surface area contributed by atoms with Crippen LogP contribution in [0.2, 0.25) is 0 Å². The van der Waals surface area contributed by atoms with Crippen LogP contribution in [0.4, 0.5) is 0 Å². The molecule has 0 aliphatic carbocycles. The van der Waals surface area contributed by atoms with E-state index in [0.717, 1.165) is 26.6 Å². The Morgan fingerprint density at radius 3 is 2.12 bits per heavy atom. The quantitative estimate of drug-likeness (QED) is 0.365. The summed E-state index contributed by atoms with van der Waals surface area (Å²) in [5.41, 5.74) is 3.11. The van der Waals surface area contributed by atoms with Crippen molar-refractivity contribution in [3.8, 4) is 26.9 Å². The van der Waals surface area contributed by atoms with Gasteiger partial charge in [-0.3, -0.25) is 0 Å². The van der Waals surface area contributed by atoms with Gasteiger partial charge >= 0.3 is 0 Å². The van der Waals surface area contributed by atoms with E-state index in [2.05, 4.69) is 31.2 Å². The fraction of sp³-hybridized carbons (Fsp3) is 0.0476. The molecule has 0 bridgehead atoms. The summed E-state index contributed by atoms with van der Waals surface area (Å²) in [6, 6.07) is 24.4. The summed E-state index contributed by atoms with van der Waals surface area (Å²) in [4.78, 5) is 7.99. The molecule has 0 atom stereocenters. The number of thiophene rings is 1. The number of aromatic nitrogens is 1. The number of rotatable bonds is 4. The first-order valence-corrected chi connectivity index (χ1v) is 10.1. The van der Waals surface area contributed by atoms with Gasteiger partial charge in [0.25, 0.3) is 5.19 Å². The van der Waals surface area contributed by atoms with Crippen LogP contribution in [-0.4, -0.2) is 10.0 Å². The van der Waals surface area contributed by atoms with Crippen molar-refractivity contribution in [1.82, 2.24) is 4.98 Å². The van der Waals surface area contributed by atoms with Gasteiger partial charge in [-0.25, -0.2) is 4.98 Å². The van der Waals surface area contributed by atoms with Crippen molar-refractivity contribution in [1.29, 1.82) is 0 Å². The Morgan fingerprint density at radius 1 is 0.846 bits per heavy atom. The summed E-state index contributed by atoms with van der Waals surface area (Å²) in [5.74, 6) is 0. The second kappa shape index (κ2) is 7.50. The zero-order chi connectivity index (χ0) is 17.9. The maximum Gasteiger partial charge on any atom is 0.280 e. The number of nitrogens with zero attached hydrogens (tertiary/aromatic N) is 1. The highest BCUT2D eigenvalue weighted by Gasteiger charge is 2.17. The highest BCUT2D eigenvalue weighted by molar-refractivity contribution is 7.80. The third-order valence-electron chi connectivity index (χ3n) is 3.81. The molecule has 0 spiro atoms. The summed E-state index contributed by atoms with van der Waals surface area (Å²) in [6.45, 7) is 2.06. The third kappa shape index (κ3) is 3.60. The van der Waals surface area contributed by atoms with E-state index in [9.17, 15) is 0 Å². The molecule has 0 saturated heterocycles. The van der Waals surface area contributed by atoms with E-state index in [-0.39, 0.29) is 0 Å². The van der Waals surface area contributed by atoms with Crippen molar-refractivity contribution in [2.24, 2.45) is 0 Å². The van der Waals surface area contributed by atoms with Crippen molar-refractivity contribution in [2.75, 3.05) is 0 Å². The molecular weight excluding hydrogens is 378 g/mol. The lowest BCUT2D eigenvalue weighted by Gasteiger charge is -2.01. The number of hydrogen-bond acceptors (Lipinski definition) is 5. The van der Waals surface area contributed by atoms with Gasteiger partial charge in [-0.1, -0.05) is 72.0 Å². The fourth-order valence-corrected chi connectivity index (χ4v) is 4.61. The number of thiazole rings is 1. The van der Waals surface area contributed by atoms with Gasteiger partial charge in [0.2, 0.25) is 5.05 Å². The maximum atomic E-state index is 5.93. The molecule has 4 aromatic rings. The third-order valence-corrected chi connectivity index (χ3v) is 6.23. The van der Waals surface area contributed by atoms with Crippen molar-refractivity contribution >= 4 is 39.9 Å². The Hall–Kier alpha value is -2.34. The van der Waals surface area contributed by atoms with Crippen LogP contribution in [0.1, 0.15) is 9.75 Å². The number of thiocarbonyl (C=S) groups is 1. The first kappa shape index (κ1) is 17.1. The summed E-state index contributed by atoms with van der Waals surface area (Å²) in [6.07, 6.45) is 0. The predicted octanol–water partition coefficient (Wildman–Crippen LogP) is 6.60. The largest absolute Gasteiger partial charge is 0.417 e. The summed E-state index contributed by atoms with van der Waals surface area (Å²) in [7, 11) is 0. The lowest BCUT2D eigenvalue weighted by molar-refractivity contribution is 0.563. The van der Waals surface area contributed by atoms with Gasteiger partial charge < -0.3 is 4.74 Å². The van der Waals surface area contributed by atoms with Crippen LogP contribution in [0.5, 0.6) is 5.19 Å². The summed E-state index contributed by atoms with van der Waals surface area (Å²) >= 11 is 8.61. The molecule has 4 rings (SSSR count). The van der Waals surface area contributed by atoms with E-state index in [0.29, 0.717) is 10.2 Å². The second-order valence-electron chi connectivity index (χ2n) is 5.69. The average Bonchev–Trinajstić information content (AvgIpc) is 3.30. The molecule has 26 heavy (non-hydrogen) atoms. The van der Waals surface area contributed by atoms with E-state index in [4.69, 9.17) is 21.9 Å². The van der Waals surface area contributed by atoms with Gasteiger partial charge in [0.05, 0.1) is 15.4 Å². The molecule has 5 heteroatoms. The molecule has 0 unspecified atom stereocenters. The Morgan fingerprint density at radius 2 is 1.50 bits per heavy atom. The number of aryl methyl sites for hydroxylation is 1. The Kier molecular flexibility index (Phi) is 4.93. The molecule has 0 fully saturated rings. The first-order valence-electron chi connectivity index (χ1n) is 8.11. The standard InChI is InChI=1S/C21H15NOS3/c1-14-12-13-17(25-14)20(24)23-21-22-18(15-8-4-2-5-9-15)19(26-21)16-10-6-3-7-11-16/h2-13H,1H3. The van der Waals surface area contributed by atoms with Crippen molar-refractivity contribution < 1.29 is 4.74 Å². The maximum absolute atomic E-state index is 5.93. The van der Waals surface area contributed by atoms with Crippen LogP contribution in [0.3, 0.4) is 0 Å². The Balaban J connectivity index is 1.73. The van der Waals surface area contributed by atoms with E-state index in [1.165, 1.54) is 16.2 Å². The van der Waals surface area contributed by atoms with Crippen molar-refractivity contribution in [3.05, 3.63) is 82.6 Å². The molecule has 2 nitrogen and oxygen atoms in total. The minimum atomic E-state index is 0.469. The number of ether oxygens (including phenoxy) is 1. The van der Waals surface area contributed by atoms with Gasteiger partial charge in [-0.2, -0.15) is 0 Å². The molecular formula is C21H15NOS3. The summed E-state index contributed by atoms with van der Waals surface area (Å²) < 4.78 is 5.93. The van der Waals surface area contributed by atoms with Crippen LogP contribution in [-0.2, 0) is 0 Å². The van der Waals surface area contributed by atoms with Gasteiger partial charge in [-0.05, 0) is 36.8 Å². The molecule has 0 N–H and O–H groups in total. The predicted molar refractivity (Wildman–Crippen MR) is 114 cm³/mol. The first-order chi connectivity index (χ1) is 12.7. The van der Waals surface area contributed by atoms with Crippen molar-refractivity contribution in [2.45, 2.75) is 6.92 Å². The zero-order valence-electron chi connectivity index (χ0n) is 14.0. The van der Waals surface area contributed by atoms with Gasteiger partial charge in [0.15, 0.2) is 0 Å². The minimum Gasteiger partial charge on any atom is -0.417 e. The highest BCUT2D eigenvalue weighted by atomic mass is 32.1. The van der Waals surface area contributed by atoms with E-state index in [1.54, 1.807) is 11.3 Å². The lowest BCUT2D eigenvalue weighted by Crippen LogP contribution is -2.04. The van der Waals surface area contributed by atoms with Gasteiger partial charge in [0, 0.05) is 10.4 Å². The normalized spacial score (nSPS) is 10.7. The lowest BCUT2D eigenvalue weighted by atomic mass is 10.1. The van der Waals surface area contributed by atoms with Crippen LogP contribution in [0.25, 0.3) is 21.7 Å². The van der Waals surface area contributed by atoms with Gasteiger partial charge in [0.1, 0.15) is 0 Å². The van der Waals surface area contributed by atoms with Crippen molar-refractivity contribution in [3.63, 3.8) is 0 Å². The smallest absolute Gasteiger partial charge is 0.280 e. The zero-order valence-corrected chi connectivity index (χ0v) is 16.5. The topological polar surface area (TPSA) is 22.1 Å². The van der Waals surface area contributed by atoms with E-state index < -0.39 is 0 Å². The Bertz CT molecular complexity index is 979. The minimum absolute atomic E-state index is 0.469. The monoisotopic (exact) mass is 393 g/mol. The molecule has 0 saturated carbocycles. The van der Waals surface area contributed by atoms with Crippen LogP contribution in [0.15, 0.2) is 72.8 Å². The van der Waals surface area contributed by atoms with Gasteiger partial charge in [-0.15, -0.1) is 11.3 Å². The molecule has 0 radical (unpaired) electrons. The molecule has 128 valence electrons. The molecule has 2 aromatic heterocycles. The average molecular weight is 394 g/mol. The fourth-order valence-electron chi connectivity index (χ4n) is 2.59. The molecule has 2 aromatic carbocycles. The van der Waals surface area contributed by atoms with Crippen LogP contribution >= 0.6 is 34.9 Å². The Labute approximate surface area is 165 Å².